The van der Waals surface area contributed by atoms with Crippen molar-refractivity contribution in [1.82, 2.24) is 14.5 Å². The van der Waals surface area contributed by atoms with E-state index < -0.39 is 19.1 Å². The molecule has 0 aliphatic carbocycles. The van der Waals surface area contributed by atoms with Gasteiger partial charge in [-0.25, -0.2) is 0 Å². The number of hydrogen-bond donors (Lipinski definition) is 0. The molecule has 293 valence electrons. The second-order valence-electron chi connectivity index (χ2n) is 15.3. The van der Waals surface area contributed by atoms with Gasteiger partial charge in [0.05, 0.1) is 22.4 Å². The maximum absolute atomic E-state index is 8.51. The first-order chi connectivity index (χ1) is 29.6. The van der Waals surface area contributed by atoms with Gasteiger partial charge >= 0.3 is 0 Å². The van der Waals surface area contributed by atoms with Crippen LogP contribution in [0.3, 0.4) is 0 Å². The number of nitrogens with zero attached hydrogens (tertiary/aromatic N) is 3. The Morgan fingerprint density at radius 3 is 2.14 bits per heavy atom. The number of pyridine rings is 1. The molecule has 58 heavy (non-hydrogen) atoms. The molecule has 0 bridgehead atoms. The third kappa shape index (κ3) is 8.07. The van der Waals surface area contributed by atoms with Crippen molar-refractivity contribution in [3.8, 4) is 39.5 Å². The first-order valence-electron chi connectivity index (χ1n) is 22.2. The number of fused-ring (bicyclic) bond motifs is 4. The third-order valence-corrected chi connectivity index (χ3v) is 10.2. The second-order valence-corrected chi connectivity index (χ2v) is 15.3. The van der Waals surface area contributed by atoms with Crippen molar-refractivity contribution in [3.05, 3.63) is 174 Å². The molecule has 0 aliphatic heterocycles. The predicted octanol–water partition coefficient (Wildman–Crippen LogP) is 14.4. The predicted molar refractivity (Wildman–Crippen MR) is 238 cm³/mol. The molecule has 0 N–H and O–H groups in total. The summed E-state index contributed by atoms with van der Waals surface area (Å²) in [6.45, 7) is 10.1. The average Bonchev–Trinajstić information content (AvgIpc) is 3.85. The van der Waals surface area contributed by atoms with Crippen LogP contribution in [0.1, 0.15) is 82.5 Å². The Kier molecular flexibility index (Phi) is 10.4. The maximum Gasteiger partial charge on any atom is 0.120 e. The summed E-state index contributed by atoms with van der Waals surface area (Å²) in [6, 6.07) is 51.4. The molecule has 0 atom stereocenters. The van der Waals surface area contributed by atoms with Crippen LogP contribution in [0.2, 0.25) is 0 Å². The average molecular weight is 941 g/mol. The van der Waals surface area contributed by atoms with Gasteiger partial charge in [-0.1, -0.05) is 125 Å². The van der Waals surface area contributed by atoms with Crippen molar-refractivity contribution in [1.29, 1.82) is 0 Å². The van der Waals surface area contributed by atoms with E-state index in [-0.39, 0.29) is 31.2 Å². The molecule has 3 heterocycles. The zero-order valence-corrected chi connectivity index (χ0v) is 36.0. The molecule has 4 nitrogen and oxygen atoms in total. The number of furan rings is 1. The standard InChI is InChI=1S/C31H29N2.C22H20NO.Ir/c1-21(2)26-19-25(23-13-7-5-8-14-23)20-27(22(3)4)30(26)33-29-18-12-11-17-28(29)32-31(33)24-15-9-6-10-16-24;1-14(2)11-16-12-20(23-13-15(16)3)19-9-6-8-18-17-7-4-5-10-21(17)24-22(18)19;/h5-15,17-22H,1-4H3;4-8,10,12-14H,11H2,1-3H3;/q2*-1;/i;3D3,11D2;. The van der Waals surface area contributed by atoms with E-state index in [0.717, 1.165) is 38.8 Å². The molecule has 0 saturated heterocycles. The molecule has 5 heteroatoms. The Labute approximate surface area is 363 Å². The van der Waals surface area contributed by atoms with E-state index in [0.29, 0.717) is 28.7 Å². The fraction of sp³-hybridized carbons (Fsp3) is 0.208. The third-order valence-electron chi connectivity index (χ3n) is 10.2. The molecular formula is C53H49IrN3O-2. The van der Waals surface area contributed by atoms with Crippen LogP contribution in [0.5, 0.6) is 0 Å². The van der Waals surface area contributed by atoms with Gasteiger partial charge in [-0.05, 0) is 94.8 Å². The van der Waals surface area contributed by atoms with Crippen molar-refractivity contribution >= 4 is 33.0 Å². The van der Waals surface area contributed by atoms with E-state index >= 15 is 0 Å². The van der Waals surface area contributed by atoms with Crippen LogP contribution in [0, 0.1) is 24.9 Å². The second kappa shape index (κ2) is 17.5. The van der Waals surface area contributed by atoms with Crippen LogP contribution in [0.25, 0.3) is 72.4 Å². The number of para-hydroxylation sites is 3. The number of aryl methyl sites for hydroxylation is 1. The molecule has 0 saturated carbocycles. The minimum atomic E-state index is -2.46. The largest absolute Gasteiger partial charge is 0.501 e. The van der Waals surface area contributed by atoms with Crippen molar-refractivity contribution in [2.75, 3.05) is 0 Å². The van der Waals surface area contributed by atoms with Crippen molar-refractivity contribution < 1.29 is 31.4 Å². The molecule has 3 aromatic heterocycles. The molecule has 9 aromatic rings. The van der Waals surface area contributed by atoms with Crippen LogP contribution in [-0.4, -0.2) is 14.5 Å². The zero-order chi connectivity index (χ0) is 43.9. The van der Waals surface area contributed by atoms with E-state index in [1.807, 2.05) is 42.5 Å². The molecular weight excluding hydrogens is 887 g/mol. The van der Waals surface area contributed by atoms with Crippen LogP contribution in [0.4, 0.5) is 0 Å². The monoisotopic (exact) mass is 941 g/mol. The number of aromatic nitrogens is 3. The smallest absolute Gasteiger partial charge is 0.120 e. The number of rotatable bonds is 8. The molecule has 0 spiro atoms. The topological polar surface area (TPSA) is 43.9 Å². The van der Waals surface area contributed by atoms with Gasteiger partial charge in [-0.15, -0.1) is 54.1 Å². The summed E-state index contributed by atoms with van der Waals surface area (Å²) in [5.41, 5.74) is 12.0. The van der Waals surface area contributed by atoms with Crippen molar-refractivity contribution in [3.63, 3.8) is 0 Å². The number of imidazole rings is 1. The van der Waals surface area contributed by atoms with E-state index in [1.165, 1.54) is 40.2 Å². The molecule has 9 rings (SSSR count). The van der Waals surface area contributed by atoms with Gasteiger partial charge < -0.3 is 14.0 Å². The van der Waals surface area contributed by atoms with Gasteiger partial charge in [0, 0.05) is 44.2 Å². The molecule has 0 unspecified atom stereocenters. The van der Waals surface area contributed by atoms with Crippen LogP contribution >= 0.6 is 0 Å². The summed E-state index contributed by atoms with van der Waals surface area (Å²) in [5, 5.41) is 1.87. The van der Waals surface area contributed by atoms with Gasteiger partial charge in [-0.2, -0.15) is 0 Å². The Bertz CT molecular complexity index is 3000. The van der Waals surface area contributed by atoms with Crippen molar-refractivity contribution in [2.24, 2.45) is 5.92 Å². The normalized spacial score (nSPS) is 13.2. The molecule has 6 aromatic carbocycles. The van der Waals surface area contributed by atoms with E-state index in [9.17, 15) is 0 Å². The first kappa shape index (κ1) is 34.4. The van der Waals surface area contributed by atoms with Gasteiger partial charge in [0.25, 0.3) is 0 Å². The summed E-state index contributed by atoms with van der Waals surface area (Å²) in [7, 11) is 0. The summed E-state index contributed by atoms with van der Waals surface area (Å²) >= 11 is 0. The number of hydrogen-bond acceptors (Lipinski definition) is 3. The van der Waals surface area contributed by atoms with Crippen LogP contribution in [0.15, 0.2) is 144 Å². The Morgan fingerprint density at radius 1 is 0.724 bits per heavy atom. The summed E-state index contributed by atoms with van der Waals surface area (Å²) in [4.78, 5) is 9.42. The molecule has 1 radical (unpaired) electrons. The van der Waals surface area contributed by atoms with E-state index in [4.69, 9.17) is 16.3 Å². The van der Waals surface area contributed by atoms with Crippen molar-refractivity contribution in [2.45, 2.75) is 66.6 Å². The van der Waals surface area contributed by atoms with Gasteiger partial charge in [0.15, 0.2) is 0 Å². The minimum absolute atomic E-state index is 0. The fourth-order valence-corrected chi connectivity index (χ4v) is 7.48. The minimum Gasteiger partial charge on any atom is -0.501 e. The van der Waals surface area contributed by atoms with Gasteiger partial charge in [0.2, 0.25) is 0 Å². The number of benzene rings is 6. The van der Waals surface area contributed by atoms with Crippen LogP contribution in [-0.2, 0) is 26.5 Å². The molecule has 0 fully saturated rings. The molecule has 0 amide bonds. The van der Waals surface area contributed by atoms with E-state index in [2.05, 4.69) is 128 Å². The van der Waals surface area contributed by atoms with Crippen LogP contribution < -0.4 is 0 Å². The Hall–Kier alpha value is -5.61. The summed E-state index contributed by atoms with van der Waals surface area (Å²) in [5.74, 6) is 1.24. The van der Waals surface area contributed by atoms with Gasteiger partial charge in [-0.3, -0.25) is 4.98 Å². The SMILES string of the molecule is CC(C)c1cc(-c2ccccc2)cc(C(C)C)c1-n1c(-c2[c-]cccc2)nc2ccccc21.[2H]C([2H])([2H])c1cnc(-c2[c-]ccc3c2oc2ccccc23)cc1C([2H])([2H])C(C)C.[Ir]. The quantitative estimate of drug-likeness (QED) is 0.143. The first-order valence-corrected chi connectivity index (χ1v) is 19.7. The Morgan fingerprint density at radius 2 is 1.43 bits per heavy atom. The zero-order valence-electron chi connectivity index (χ0n) is 38.6. The summed E-state index contributed by atoms with van der Waals surface area (Å²) < 4.78 is 48.9. The maximum atomic E-state index is 8.51. The van der Waals surface area contributed by atoms with E-state index in [1.54, 1.807) is 19.9 Å². The van der Waals surface area contributed by atoms with Gasteiger partial charge in [0.1, 0.15) is 5.58 Å². The molecule has 0 aliphatic rings. The summed E-state index contributed by atoms with van der Waals surface area (Å²) in [6.07, 6.45) is -0.573. The fourth-order valence-electron chi connectivity index (χ4n) is 7.48. The Balaban J connectivity index is 0.000000188.